The van der Waals surface area contributed by atoms with Crippen molar-refractivity contribution in [3.05, 3.63) is 121 Å². The molecule has 1 nitrogen and oxygen atoms in total. The van der Waals surface area contributed by atoms with Gasteiger partial charge in [0, 0.05) is 10.8 Å². The maximum Gasteiger partial charge on any atom is 0.138 e. The van der Waals surface area contributed by atoms with Crippen molar-refractivity contribution in [1.29, 1.82) is 0 Å². The van der Waals surface area contributed by atoms with E-state index in [1.165, 1.54) is 54.6 Å². The van der Waals surface area contributed by atoms with Gasteiger partial charge in [-0.15, -0.1) is 0 Å². The van der Waals surface area contributed by atoms with Gasteiger partial charge in [-0.25, -0.2) is 0 Å². The van der Waals surface area contributed by atoms with E-state index in [1.807, 2.05) is 0 Å². The summed E-state index contributed by atoms with van der Waals surface area (Å²) in [6.45, 7) is 2.11. The molecule has 0 spiro atoms. The molecule has 0 N–H and O–H groups in total. The van der Waals surface area contributed by atoms with Crippen LogP contribution in [0.4, 0.5) is 0 Å². The molecular weight excluding hydrogens is 412 g/mol. The summed E-state index contributed by atoms with van der Waals surface area (Å²) in [6, 6.07) is 41.2. The first-order valence-corrected chi connectivity index (χ1v) is 11.7. The van der Waals surface area contributed by atoms with Crippen LogP contribution in [0.1, 0.15) is 5.56 Å². The SMILES string of the molecule is Cc1cccc2c1oc1cccc(-c3c4ccccc4c(-c4ccccc4)c4ccccc34)c12. The van der Waals surface area contributed by atoms with Crippen molar-refractivity contribution in [3.63, 3.8) is 0 Å². The van der Waals surface area contributed by atoms with Gasteiger partial charge in [-0.1, -0.05) is 109 Å². The monoisotopic (exact) mass is 434 g/mol. The van der Waals surface area contributed by atoms with E-state index >= 15 is 0 Å². The highest BCUT2D eigenvalue weighted by Gasteiger charge is 2.20. The van der Waals surface area contributed by atoms with Crippen molar-refractivity contribution in [1.82, 2.24) is 0 Å². The van der Waals surface area contributed by atoms with Crippen molar-refractivity contribution in [2.24, 2.45) is 0 Å². The number of fused-ring (bicyclic) bond motifs is 5. The van der Waals surface area contributed by atoms with Crippen LogP contribution < -0.4 is 0 Å². The van der Waals surface area contributed by atoms with E-state index in [1.54, 1.807) is 0 Å². The van der Waals surface area contributed by atoms with Gasteiger partial charge in [0.05, 0.1) is 0 Å². The maximum absolute atomic E-state index is 6.36. The van der Waals surface area contributed by atoms with Crippen molar-refractivity contribution in [3.8, 4) is 22.3 Å². The summed E-state index contributed by atoms with van der Waals surface area (Å²) in [7, 11) is 0. The predicted octanol–water partition coefficient (Wildman–Crippen LogP) is 9.53. The van der Waals surface area contributed by atoms with E-state index in [2.05, 4.69) is 122 Å². The van der Waals surface area contributed by atoms with Crippen molar-refractivity contribution in [2.45, 2.75) is 6.92 Å². The number of aryl methyl sites for hydroxylation is 1. The minimum Gasteiger partial charge on any atom is -0.456 e. The molecule has 160 valence electrons. The second kappa shape index (κ2) is 7.33. The Morgan fingerprint density at radius 3 is 1.71 bits per heavy atom. The minimum absolute atomic E-state index is 0.932. The molecule has 7 rings (SSSR count). The third kappa shape index (κ3) is 2.67. The fourth-order valence-corrected chi connectivity index (χ4v) is 5.53. The van der Waals surface area contributed by atoms with Gasteiger partial charge in [0.2, 0.25) is 0 Å². The van der Waals surface area contributed by atoms with Crippen molar-refractivity contribution in [2.75, 3.05) is 0 Å². The fourth-order valence-electron chi connectivity index (χ4n) is 5.53. The van der Waals surface area contributed by atoms with E-state index in [0.717, 1.165) is 16.7 Å². The molecule has 34 heavy (non-hydrogen) atoms. The minimum atomic E-state index is 0.932. The van der Waals surface area contributed by atoms with E-state index in [9.17, 15) is 0 Å². The van der Waals surface area contributed by atoms with Gasteiger partial charge < -0.3 is 4.42 Å². The normalized spacial score (nSPS) is 11.7. The van der Waals surface area contributed by atoms with Gasteiger partial charge in [0.1, 0.15) is 11.2 Å². The van der Waals surface area contributed by atoms with Crippen LogP contribution in [0.5, 0.6) is 0 Å². The fraction of sp³-hybridized carbons (Fsp3) is 0.0303. The van der Waals surface area contributed by atoms with Crippen molar-refractivity contribution < 1.29 is 4.42 Å². The highest BCUT2D eigenvalue weighted by molar-refractivity contribution is 6.25. The first-order chi connectivity index (χ1) is 16.8. The molecule has 0 aliphatic heterocycles. The van der Waals surface area contributed by atoms with Gasteiger partial charge in [-0.05, 0) is 62.4 Å². The highest BCUT2D eigenvalue weighted by atomic mass is 16.3. The standard InChI is InChI=1S/C33H22O/c1-21-11-9-19-28-32-27(18-10-20-29(32)34-33(21)28)31-25-16-7-5-14-23(25)30(22-12-3-2-4-13-22)24-15-6-8-17-26(24)31/h2-20H,1H3. The molecule has 0 aliphatic rings. The Kier molecular flexibility index (Phi) is 4.13. The molecule has 0 saturated carbocycles. The van der Waals surface area contributed by atoms with Crippen LogP contribution >= 0.6 is 0 Å². The lowest BCUT2D eigenvalue weighted by Gasteiger charge is -2.18. The Balaban J connectivity index is 1.71. The van der Waals surface area contributed by atoms with Gasteiger partial charge in [-0.3, -0.25) is 0 Å². The smallest absolute Gasteiger partial charge is 0.138 e. The van der Waals surface area contributed by atoms with Crippen LogP contribution in [0.3, 0.4) is 0 Å². The Labute approximate surface area is 197 Å². The molecule has 0 bridgehead atoms. The number of para-hydroxylation sites is 1. The lowest BCUT2D eigenvalue weighted by molar-refractivity contribution is 0.666. The molecule has 0 atom stereocenters. The lowest BCUT2D eigenvalue weighted by Crippen LogP contribution is -1.91. The average Bonchev–Trinajstić information content (AvgIpc) is 3.28. The van der Waals surface area contributed by atoms with Crippen LogP contribution in [-0.4, -0.2) is 0 Å². The third-order valence-electron chi connectivity index (χ3n) is 6.98. The number of benzene rings is 6. The number of furan rings is 1. The van der Waals surface area contributed by atoms with E-state index in [0.29, 0.717) is 0 Å². The summed E-state index contributed by atoms with van der Waals surface area (Å²) in [5, 5.41) is 7.41. The summed E-state index contributed by atoms with van der Waals surface area (Å²) >= 11 is 0. The Bertz CT molecular complexity index is 1800. The van der Waals surface area contributed by atoms with Gasteiger partial charge in [0.15, 0.2) is 0 Å². The molecule has 1 heterocycles. The zero-order chi connectivity index (χ0) is 22.6. The summed E-state index contributed by atoms with van der Waals surface area (Å²) < 4.78 is 6.36. The van der Waals surface area contributed by atoms with Crippen LogP contribution in [-0.2, 0) is 0 Å². The molecule has 0 saturated heterocycles. The van der Waals surface area contributed by atoms with Crippen LogP contribution in [0.15, 0.2) is 120 Å². The van der Waals surface area contributed by atoms with Gasteiger partial charge in [-0.2, -0.15) is 0 Å². The molecule has 0 fully saturated rings. The molecule has 0 radical (unpaired) electrons. The topological polar surface area (TPSA) is 13.1 Å². The second-order valence-electron chi connectivity index (χ2n) is 8.94. The predicted molar refractivity (Wildman–Crippen MR) is 144 cm³/mol. The molecule has 0 amide bonds. The molecule has 1 aromatic heterocycles. The average molecular weight is 435 g/mol. The zero-order valence-electron chi connectivity index (χ0n) is 18.9. The molecule has 0 unspecified atom stereocenters. The molecule has 6 aromatic carbocycles. The maximum atomic E-state index is 6.36. The van der Waals surface area contributed by atoms with Gasteiger partial charge in [0.25, 0.3) is 0 Å². The quantitative estimate of drug-likeness (QED) is 0.247. The molecule has 7 aromatic rings. The second-order valence-corrected chi connectivity index (χ2v) is 8.94. The summed E-state index contributed by atoms with van der Waals surface area (Å²) in [5.41, 5.74) is 8.07. The Morgan fingerprint density at radius 2 is 1.03 bits per heavy atom. The first kappa shape index (κ1) is 19.1. The van der Waals surface area contributed by atoms with Gasteiger partial charge >= 0.3 is 0 Å². The zero-order valence-corrected chi connectivity index (χ0v) is 18.9. The summed E-state index contributed by atoms with van der Waals surface area (Å²) in [5.74, 6) is 0. The molecule has 1 heteroatoms. The molecular formula is C33H22O. The van der Waals surface area contributed by atoms with Crippen LogP contribution in [0.2, 0.25) is 0 Å². The summed E-state index contributed by atoms with van der Waals surface area (Å²) in [6.07, 6.45) is 0. The van der Waals surface area contributed by atoms with Crippen LogP contribution in [0, 0.1) is 6.92 Å². The number of hydrogen-bond donors (Lipinski definition) is 0. The van der Waals surface area contributed by atoms with E-state index in [4.69, 9.17) is 4.42 Å². The van der Waals surface area contributed by atoms with E-state index in [-0.39, 0.29) is 0 Å². The molecule has 0 aliphatic carbocycles. The Hall–Kier alpha value is -4.36. The van der Waals surface area contributed by atoms with Crippen molar-refractivity contribution >= 4 is 43.5 Å². The lowest BCUT2D eigenvalue weighted by atomic mass is 9.85. The highest BCUT2D eigenvalue weighted by Crippen LogP contribution is 2.46. The largest absolute Gasteiger partial charge is 0.456 e. The Morgan fingerprint density at radius 1 is 0.471 bits per heavy atom. The summed E-state index contributed by atoms with van der Waals surface area (Å²) in [4.78, 5) is 0. The van der Waals surface area contributed by atoms with E-state index < -0.39 is 0 Å². The number of hydrogen-bond acceptors (Lipinski definition) is 1. The third-order valence-corrected chi connectivity index (χ3v) is 6.98. The van der Waals surface area contributed by atoms with Crippen LogP contribution in [0.25, 0.3) is 65.7 Å². The first-order valence-electron chi connectivity index (χ1n) is 11.7. The number of rotatable bonds is 2.